The Bertz CT molecular complexity index is 1220. The molecule has 0 unspecified atom stereocenters. The number of ketones is 1. The van der Waals surface area contributed by atoms with Crippen LogP contribution in [0.3, 0.4) is 0 Å². The molecule has 3 aromatic rings. The van der Waals surface area contributed by atoms with Gasteiger partial charge in [-0.1, -0.05) is 24.3 Å². The van der Waals surface area contributed by atoms with Gasteiger partial charge in [0.05, 0.1) is 12.5 Å². The lowest BCUT2D eigenvalue weighted by Gasteiger charge is -2.16. The predicted octanol–water partition coefficient (Wildman–Crippen LogP) is 4.28. The third kappa shape index (κ3) is 3.47. The number of benzene rings is 3. The van der Waals surface area contributed by atoms with Crippen molar-refractivity contribution in [2.75, 3.05) is 13.9 Å². The maximum atomic E-state index is 13.4. The van der Waals surface area contributed by atoms with E-state index in [4.69, 9.17) is 19.9 Å². The predicted molar refractivity (Wildman–Crippen MR) is 121 cm³/mol. The van der Waals surface area contributed by atoms with Gasteiger partial charge in [0.25, 0.3) is 0 Å². The zero-order valence-electron chi connectivity index (χ0n) is 17.7. The van der Waals surface area contributed by atoms with Crippen molar-refractivity contribution in [3.63, 3.8) is 0 Å². The topological polar surface area (TPSA) is 87.8 Å². The van der Waals surface area contributed by atoms with Gasteiger partial charge >= 0.3 is 0 Å². The van der Waals surface area contributed by atoms with E-state index >= 15 is 0 Å². The van der Waals surface area contributed by atoms with Crippen LogP contribution in [-0.2, 0) is 16.6 Å². The first-order valence-electron chi connectivity index (χ1n) is 10.5. The van der Waals surface area contributed by atoms with Crippen molar-refractivity contribution in [3.8, 4) is 28.4 Å². The zero-order chi connectivity index (χ0) is 22.3. The number of primary amides is 1. The molecule has 2 aliphatic rings. The van der Waals surface area contributed by atoms with Crippen LogP contribution in [0, 0.1) is 0 Å². The maximum absolute atomic E-state index is 13.4. The van der Waals surface area contributed by atoms with Crippen LogP contribution in [0.15, 0.2) is 60.7 Å². The fourth-order valence-corrected chi connectivity index (χ4v) is 4.31. The lowest BCUT2D eigenvalue weighted by Crippen LogP contribution is -2.22. The number of amides is 1. The van der Waals surface area contributed by atoms with Gasteiger partial charge in [-0.3, -0.25) is 9.59 Å². The summed E-state index contributed by atoms with van der Waals surface area (Å²) in [5.74, 6) is 1.84. The average Bonchev–Trinajstić information content (AvgIpc) is 3.50. The highest BCUT2D eigenvalue weighted by molar-refractivity contribution is 5.95. The van der Waals surface area contributed by atoms with Gasteiger partial charge in [-0.15, -0.1) is 0 Å². The monoisotopic (exact) mass is 431 g/mol. The molecule has 1 fully saturated rings. The highest BCUT2D eigenvalue weighted by Crippen LogP contribution is 2.51. The lowest BCUT2D eigenvalue weighted by molar-refractivity contribution is -0.120. The molecule has 6 nitrogen and oxygen atoms in total. The standard InChI is InChI=1S/C26H23NO5.H2/c1-30-21-8-2-16(12-20(21)17-3-5-18(6-4-17)25(27)29)13-24(28)26(10-11-26)19-7-9-22-23(14-19)32-15-31-22;/h2-9,12,14H,10-11,13,15H2,1H3,(H2,27,29);1H. The Morgan fingerprint density at radius 3 is 2.44 bits per heavy atom. The van der Waals surface area contributed by atoms with Crippen molar-refractivity contribution in [1.82, 2.24) is 0 Å². The van der Waals surface area contributed by atoms with Crippen LogP contribution in [0.1, 0.15) is 35.8 Å². The van der Waals surface area contributed by atoms with Gasteiger partial charge in [0, 0.05) is 19.0 Å². The molecule has 1 saturated carbocycles. The summed E-state index contributed by atoms with van der Waals surface area (Å²) >= 11 is 0. The molecule has 0 radical (unpaired) electrons. The molecule has 6 heteroatoms. The molecule has 0 aromatic heterocycles. The smallest absolute Gasteiger partial charge is 0.248 e. The summed E-state index contributed by atoms with van der Waals surface area (Å²) < 4.78 is 16.4. The summed E-state index contributed by atoms with van der Waals surface area (Å²) in [7, 11) is 1.61. The average molecular weight is 431 g/mol. The molecule has 1 aliphatic heterocycles. The van der Waals surface area contributed by atoms with Crippen LogP contribution in [0.5, 0.6) is 17.2 Å². The molecule has 164 valence electrons. The molecular formula is C26H25NO5. The molecule has 0 bridgehead atoms. The first-order chi connectivity index (χ1) is 15.5. The second-order valence-electron chi connectivity index (χ2n) is 8.23. The van der Waals surface area contributed by atoms with Crippen molar-refractivity contribution >= 4 is 11.7 Å². The molecule has 0 atom stereocenters. The van der Waals surface area contributed by atoms with E-state index in [0.29, 0.717) is 23.5 Å². The Balaban J connectivity index is 0.00000259. The first-order valence-corrected chi connectivity index (χ1v) is 10.5. The number of hydrogen-bond acceptors (Lipinski definition) is 5. The van der Waals surface area contributed by atoms with E-state index in [0.717, 1.165) is 40.8 Å². The van der Waals surface area contributed by atoms with Crippen molar-refractivity contribution in [2.45, 2.75) is 24.7 Å². The minimum atomic E-state index is -0.471. The third-order valence-electron chi connectivity index (χ3n) is 6.32. The van der Waals surface area contributed by atoms with E-state index in [1.165, 1.54) is 0 Å². The SMILES string of the molecule is COc1ccc(CC(=O)C2(c3ccc4c(c3)OCO4)CC2)cc1-c1ccc(C(N)=O)cc1.[HH]. The fourth-order valence-electron chi connectivity index (χ4n) is 4.31. The summed E-state index contributed by atoms with van der Waals surface area (Å²) in [6, 6.07) is 18.6. The summed E-state index contributed by atoms with van der Waals surface area (Å²) in [4.78, 5) is 24.7. The zero-order valence-corrected chi connectivity index (χ0v) is 17.7. The van der Waals surface area contributed by atoms with E-state index in [1.54, 1.807) is 19.2 Å². The molecule has 1 heterocycles. The van der Waals surface area contributed by atoms with Gasteiger partial charge in [-0.25, -0.2) is 0 Å². The van der Waals surface area contributed by atoms with Crippen molar-refractivity contribution in [2.24, 2.45) is 5.73 Å². The molecule has 32 heavy (non-hydrogen) atoms. The van der Waals surface area contributed by atoms with E-state index in [1.807, 2.05) is 48.5 Å². The highest BCUT2D eigenvalue weighted by Gasteiger charge is 2.50. The van der Waals surface area contributed by atoms with Crippen LogP contribution in [0.4, 0.5) is 0 Å². The molecule has 2 N–H and O–H groups in total. The number of methoxy groups -OCH3 is 1. The number of ether oxygens (including phenoxy) is 3. The minimum absolute atomic E-state index is 0. The van der Waals surface area contributed by atoms with E-state index in [9.17, 15) is 9.59 Å². The van der Waals surface area contributed by atoms with E-state index in [-0.39, 0.29) is 14.0 Å². The van der Waals surface area contributed by atoms with Crippen LogP contribution in [0.2, 0.25) is 0 Å². The Hall–Kier alpha value is -3.80. The number of rotatable bonds is 7. The van der Waals surface area contributed by atoms with Gasteiger partial charge in [-0.2, -0.15) is 0 Å². The molecule has 0 saturated heterocycles. The highest BCUT2D eigenvalue weighted by atomic mass is 16.7. The Morgan fingerprint density at radius 1 is 1.00 bits per heavy atom. The van der Waals surface area contributed by atoms with Crippen molar-refractivity contribution in [3.05, 3.63) is 77.4 Å². The number of carbonyl (C=O) groups is 2. The summed E-state index contributed by atoms with van der Waals surface area (Å²) in [5, 5.41) is 0. The number of hydrogen-bond donors (Lipinski definition) is 1. The molecule has 1 aliphatic carbocycles. The number of fused-ring (bicyclic) bond motifs is 1. The first kappa shape index (κ1) is 20.1. The van der Waals surface area contributed by atoms with Crippen molar-refractivity contribution in [1.29, 1.82) is 0 Å². The number of carbonyl (C=O) groups excluding carboxylic acids is 2. The normalized spacial score (nSPS) is 15.3. The number of Topliss-reactive ketones (excluding diaryl/α,β-unsaturated/α-hetero) is 1. The second kappa shape index (κ2) is 7.71. The van der Waals surface area contributed by atoms with E-state index in [2.05, 4.69) is 0 Å². The fraction of sp³-hybridized carbons (Fsp3) is 0.231. The second-order valence-corrected chi connectivity index (χ2v) is 8.23. The van der Waals surface area contributed by atoms with Gasteiger partial charge < -0.3 is 19.9 Å². The van der Waals surface area contributed by atoms with Crippen LogP contribution in [-0.4, -0.2) is 25.6 Å². The van der Waals surface area contributed by atoms with E-state index < -0.39 is 11.3 Å². The molecule has 3 aromatic carbocycles. The summed E-state index contributed by atoms with van der Waals surface area (Å²) in [6.45, 7) is 0.217. The van der Waals surface area contributed by atoms with Gasteiger partial charge in [0.2, 0.25) is 12.7 Å². The molecule has 5 rings (SSSR count). The largest absolute Gasteiger partial charge is 0.496 e. The third-order valence-corrected chi connectivity index (χ3v) is 6.32. The van der Waals surface area contributed by atoms with Crippen molar-refractivity contribution < 1.29 is 25.2 Å². The summed E-state index contributed by atoms with van der Waals surface area (Å²) in [6.07, 6.45) is 2.00. The maximum Gasteiger partial charge on any atom is 0.248 e. The van der Waals surface area contributed by atoms with Crippen LogP contribution >= 0.6 is 0 Å². The molecule has 0 spiro atoms. The Kier molecular flexibility index (Phi) is 4.85. The van der Waals surface area contributed by atoms with Crippen LogP contribution < -0.4 is 19.9 Å². The Morgan fingerprint density at radius 2 is 1.75 bits per heavy atom. The Labute approximate surface area is 187 Å². The van der Waals surface area contributed by atoms with Crippen LogP contribution in [0.25, 0.3) is 11.1 Å². The summed E-state index contributed by atoms with van der Waals surface area (Å²) in [5.41, 5.74) is 8.99. The molecular weight excluding hydrogens is 406 g/mol. The molecule has 1 amide bonds. The minimum Gasteiger partial charge on any atom is -0.496 e. The quantitative estimate of drug-likeness (QED) is 0.603. The van der Waals surface area contributed by atoms with Gasteiger partial charge in [0.15, 0.2) is 11.5 Å². The lowest BCUT2D eigenvalue weighted by atomic mass is 9.87. The van der Waals surface area contributed by atoms with Gasteiger partial charge in [-0.05, 0) is 65.9 Å². The van der Waals surface area contributed by atoms with Gasteiger partial charge in [0.1, 0.15) is 11.5 Å². The number of nitrogens with two attached hydrogens (primary N) is 1.